The summed E-state index contributed by atoms with van der Waals surface area (Å²) >= 11 is 0. The first-order chi connectivity index (χ1) is 8.18. The molecule has 0 saturated carbocycles. The summed E-state index contributed by atoms with van der Waals surface area (Å²) in [5, 5.41) is 7.39. The van der Waals surface area contributed by atoms with Gasteiger partial charge in [0.15, 0.2) is 0 Å². The largest absolute Gasteiger partial charge is 0.381 e. The lowest BCUT2D eigenvalue weighted by molar-refractivity contribution is 0.0234. The topological polar surface area (TPSA) is 33.3 Å². The number of hydrogen-bond donors (Lipinski definition) is 2. The molecule has 2 aliphatic rings. The predicted molar refractivity (Wildman–Crippen MR) is 71.3 cm³/mol. The molecular formula is C14H28N2O. The quantitative estimate of drug-likeness (QED) is 0.770. The highest BCUT2D eigenvalue weighted by molar-refractivity contribution is 4.94. The van der Waals surface area contributed by atoms with Crippen molar-refractivity contribution in [2.24, 2.45) is 5.41 Å². The van der Waals surface area contributed by atoms with Crippen molar-refractivity contribution in [3.63, 3.8) is 0 Å². The minimum absolute atomic E-state index is 0.377. The first-order valence-electron chi connectivity index (χ1n) is 7.22. The molecule has 0 aromatic rings. The van der Waals surface area contributed by atoms with Crippen LogP contribution in [0.1, 0.15) is 46.0 Å². The van der Waals surface area contributed by atoms with Gasteiger partial charge in [0.2, 0.25) is 0 Å². The van der Waals surface area contributed by atoms with E-state index in [1.54, 1.807) is 0 Å². The van der Waals surface area contributed by atoms with Crippen molar-refractivity contribution in [1.82, 2.24) is 10.6 Å². The highest BCUT2D eigenvalue weighted by Gasteiger charge is 2.32. The lowest BCUT2D eigenvalue weighted by atomic mass is 9.82. The second-order valence-corrected chi connectivity index (χ2v) is 6.19. The maximum Gasteiger partial charge on any atom is 0.0471 e. The van der Waals surface area contributed by atoms with Crippen LogP contribution in [0, 0.1) is 5.41 Å². The maximum atomic E-state index is 5.45. The van der Waals surface area contributed by atoms with Gasteiger partial charge in [-0.25, -0.2) is 0 Å². The van der Waals surface area contributed by atoms with Gasteiger partial charge in [-0.2, -0.15) is 0 Å². The monoisotopic (exact) mass is 240 g/mol. The molecule has 1 atom stereocenters. The second-order valence-electron chi connectivity index (χ2n) is 6.19. The Bertz CT molecular complexity index is 230. The van der Waals surface area contributed by atoms with Gasteiger partial charge in [0.05, 0.1) is 0 Å². The van der Waals surface area contributed by atoms with E-state index < -0.39 is 0 Å². The highest BCUT2D eigenvalue weighted by Crippen LogP contribution is 2.29. The van der Waals surface area contributed by atoms with E-state index in [1.807, 2.05) is 0 Å². The van der Waals surface area contributed by atoms with Gasteiger partial charge in [-0.15, -0.1) is 0 Å². The van der Waals surface area contributed by atoms with Gasteiger partial charge in [0.1, 0.15) is 0 Å². The SMILES string of the molecule is CCC1(CNCC2(C)CCOCC2)CCCN1. The summed E-state index contributed by atoms with van der Waals surface area (Å²) in [5.74, 6) is 0. The van der Waals surface area contributed by atoms with Crippen LogP contribution in [0.15, 0.2) is 0 Å². The predicted octanol–water partition coefficient (Wildman–Crippen LogP) is 1.92. The molecule has 0 aliphatic carbocycles. The number of hydrogen-bond acceptors (Lipinski definition) is 3. The molecule has 3 heteroatoms. The standard InChI is InChI=1S/C14H28N2O/c1-3-14(5-4-8-16-14)12-15-11-13(2)6-9-17-10-7-13/h15-16H,3-12H2,1-2H3. The fourth-order valence-corrected chi connectivity index (χ4v) is 3.09. The van der Waals surface area contributed by atoms with E-state index in [4.69, 9.17) is 4.74 Å². The summed E-state index contributed by atoms with van der Waals surface area (Å²) < 4.78 is 5.45. The number of nitrogens with one attached hydrogen (secondary N) is 2. The Balaban J connectivity index is 1.74. The molecule has 0 amide bonds. The van der Waals surface area contributed by atoms with Crippen molar-refractivity contribution in [3.8, 4) is 0 Å². The van der Waals surface area contributed by atoms with Crippen molar-refractivity contribution in [3.05, 3.63) is 0 Å². The van der Waals surface area contributed by atoms with Gasteiger partial charge in [-0.1, -0.05) is 13.8 Å². The van der Waals surface area contributed by atoms with Crippen molar-refractivity contribution >= 4 is 0 Å². The molecule has 2 saturated heterocycles. The van der Waals surface area contributed by atoms with Gasteiger partial charge in [-0.05, 0) is 44.1 Å². The molecule has 0 radical (unpaired) electrons. The van der Waals surface area contributed by atoms with E-state index >= 15 is 0 Å². The molecule has 100 valence electrons. The minimum atomic E-state index is 0.377. The summed E-state index contributed by atoms with van der Waals surface area (Å²) in [6.07, 6.45) is 6.30. The van der Waals surface area contributed by atoms with Gasteiger partial charge in [0, 0.05) is 31.8 Å². The zero-order valence-electron chi connectivity index (χ0n) is 11.5. The van der Waals surface area contributed by atoms with E-state index in [-0.39, 0.29) is 0 Å². The Morgan fingerprint density at radius 3 is 2.53 bits per heavy atom. The summed E-state index contributed by atoms with van der Waals surface area (Å²) in [5.41, 5.74) is 0.827. The third kappa shape index (κ3) is 3.43. The normalized spacial score (nSPS) is 32.8. The van der Waals surface area contributed by atoms with Gasteiger partial charge < -0.3 is 15.4 Å². The van der Waals surface area contributed by atoms with Crippen LogP contribution in [0.5, 0.6) is 0 Å². The second kappa shape index (κ2) is 5.68. The third-order valence-electron chi connectivity index (χ3n) is 4.72. The Labute approximate surface area is 106 Å². The molecule has 2 fully saturated rings. The van der Waals surface area contributed by atoms with Crippen LogP contribution in [-0.4, -0.2) is 38.4 Å². The van der Waals surface area contributed by atoms with E-state index in [0.29, 0.717) is 11.0 Å². The molecule has 2 heterocycles. The summed E-state index contributed by atoms with van der Waals surface area (Å²) in [4.78, 5) is 0. The minimum Gasteiger partial charge on any atom is -0.381 e. The molecule has 2 aliphatic heterocycles. The summed E-state index contributed by atoms with van der Waals surface area (Å²) in [6, 6.07) is 0. The molecule has 0 spiro atoms. The highest BCUT2D eigenvalue weighted by atomic mass is 16.5. The van der Waals surface area contributed by atoms with Crippen molar-refractivity contribution < 1.29 is 4.74 Å². The zero-order chi connectivity index (χ0) is 12.2. The van der Waals surface area contributed by atoms with E-state index in [9.17, 15) is 0 Å². The Hall–Kier alpha value is -0.120. The van der Waals surface area contributed by atoms with Crippen LogP contribution in [-0.2, 0) is 4.74 Å². The van der Waals surface area contributed by atoms with Crippen molar-refractivity contribution in [1.29, 1.82) is 0 Å². The lowest BCUT2D eigenvalue weighted by Crippen LogP contribution is -2.50. The Kier molecular flexibility index (Phi) is 4.45. The van der Waals surface area contributed by atoms with Crippen LogP contribution in [0.25, 0.3) is 0 Å². The van der Waals surface area contributed by atoms with E-state index in [0.717, 1.165) is 26.3 Å². The number of ether oxygens (including phenoxy) is 1. The number of rotatable bonds is 5. The molecule has 2 rings (SSSR count). The van der Waals surface area contributed by atoms with Gasteiger partial charge in [-0.3, -0.25) is 0 Å². The zero-order valence-corrected chi connectivity index (χ0v) is 11.5. The molecular weight excluding hydrogens is 212 g/mol. The molecule has 17 heavy (non-hydrogen) atoms. The lowest BCUT2D eigenvalue weighted by Gasteiger charge is -2.36. The van der Waals surface area contributed by atoms with Crippen LogP contribution < -0.4 is 10.6 Å². The fraction of sp³-hybridized carbons (Fsp3) is 1.00. The Morgan fingerprint density at radius 1 is 1.18 bits per heavy atom. The van der Waals surface area contributed by atoms with Crippen LogP contribution in [0.3, 0.4) is 0 Å². The van der Waals surface area contributed by atoms with Crippen molar-refractivity contribution in [2.75, 3.05) is 32.8 Å². The average Bonchev–Trinajstić information content (AvgIpc) is 2.79. The fourth-order valence-electron chi connectivity index (χ4n) is 3.09. The molecule has 0 aromatic carbocycles. The van der Waals surface area contributed by atoms with Gasteiger partial charge in [0.25, 0.3) is 0 Å². The van der Waals surface area contributed by atoms with Crippen LogP contribution in [0.2, 0.25) is 0 Å². The van der Waals surface area contributed by atoms with E-state index in [1.165, 1.54) is 38.6 Å². The van der Waals surface area contributed by atoms with Crippen molar-refractivity contribution in [2.45, 2.75) is 51.5 Å². The van der Waals surface area contributed by atoms with Gasteiger partial charge >= 0.3 is 0 Å². The third-order valence-corrected chi connectivity index (χ3v) is 4.72. The molecule has 0 aromatic heterocycles. The van der Waals surface area contributed by atoms with Crippen LogP contribution in [0.4, 0.5) is 0 Å². The maximum absolute atomic E-state index is 5.45. The molecule has 2 N–H and O–H groups in total. The Morgan fingerprint density at radius 2 is 1.94 bits per heavy atom. The molecule has 0 bridgehead atoms. The average molecular weight is 240 g/mol. The summed E-state index contributed by atoms with van der Waals surface area (Å²) in [7, 11) is 0. The first-order valence-corrected chi connectivity index (χ1v) is 7.22. The van der Waals surface area contributed by atoms with Crippen LogP contribution >= 0.6 is 0 Å². The smallest absolute Gasteiger partial charge is 0.0471 e. The first kappa shape index (κ1) is 13.3. The molecule has 3 nitrogen and oxygen atoms in total. The molecule has 1 unspecified atom stereocenters. The van der Waals surface area contributed by atoms with E-state index in [2.05, 4.69) is 24.5 Å². The summed E-state index contributed by atoms with van der Waals surface area (Å²) in [6.45, 7) is 10.0.